The van der Waals surface area contributed by atoms with Gasteiger partial charge in [-0.25, -0.2) is 9.97 Å². The lowest BCUT2D eigenvalue weighted by Crippen LogP contribution is -2.23. The minimum atomic E-state index is -0.209. The van der Waals surface area contributed by atoms with E-state index >= 15 is 0 Å². The number of carbonyl (C=O) groups excluding carboxylic acids is 1. The van der Waals surface area contributed by atoms with Crippen LogP contribution in [0, 0.1) is 6.92 Å². The van der Waals surface area contributed by atoms with E-state index in [0.29, 0.717) is 23.1 Å². The fraction of sp³-hybridized carbons (Fsp3) is 0.105. The average Bonchev–Trinajstić information content (AvgIpc) is 2.62. The first-order chi connectivity index (χ1) is 12.1. The van der Waals surface area contributed by atoms with Gasteiger partial charge < -0.3 is 10.6 Å². The van der Waals surface area contributed by atoms with Gasteiger partial charge >= 0.3 is 0 Å². The molecule has 1 amide bonds. The highest BCUT2D eigenvalue weighted by Gasteiger charge is 2.07. The molecule has 0 bridgehead atoms. The third-order valence-electron chi connectivity index (χ3n) is 3.55. The highest BCUT2D eigenvalue weighted by atomic mass is 35.5. The van der Waals surface area contributed by atoms with Crippen molar-refractivity contribution in [3.05, 3.63) is 82.6 Å². The number of rotatable bonds is 5. The van der Waals surface area contributed by atoms with Crippen molar-refractivity contribution < 1.29 is 4.79 Å². The molecular formula is C19H17ClN4O. The van der Waals surface area contributed by atoms with Crippen LogP contribution in [0.4, 0.5) is 11.6 Å². The molecule has 0 spiro atoms. The number of amides is 1. The predicted octanol–water partition coefficient (Wildman–Crippen LogP) is 4.11. The van der Waals surface area contributed by atoms with E-state index in [1.54, 1.807) is 12.1 Å². The highest BCUT2D eigenvalue weighted by Crippen LogP contribution is 2.16. The molecule has 2 aromatic carbocycles. The van der Waals surface area contributed by atoms with Crippen molar-refractivity contribution in [2.24, 2.45) is 0 Å². The summed E-state index contributed by atoms with van der Waals surface area (Å²) in [5, 5.41) is 6.57. The lowest BCUT2D eigenvalue weighted by atomic mass is 10.1. The van der Waals surface area contributed by atoms with Gasteiger partial charge in [-0.15, -0.1) is 0 Å². The Hall–Kier alpha value is -2.92. The maximum absolute atomic E-state index is 12.2. The number of anilines is 2. The summed E-state index contributed by atoms with van der Waals surface area (Å²) in [6.07, 6.45) is 2.99. The molecule has 25 heavy (non-hydrogen) atoms. The maximum atomic E-state index is 12.2. The molecular weight excluding hydrogens is 336 g/mol. The zero-order chi connectivity index (χ0) is 17.6. The number of hydrogen-bond donors (Lipinski definition) is 2. The van der Waals surface area contributed by atoms with E-state index in [9.17, 15) is 4.79 Å². The van der Waals surface area contributed by atoms with Crippen LogP contribution in [-0.2, 0) is 6.54 Å². The molecule has 0 aliphatic rings. The number of nitrogens with zero attached hydrogens (tertiary/aromatic N) is 2. The van der Waals surface area contributed by atoms with Gasteiger partial charge in [0.15, 0.2) is 0 Å². The monoisotopic (exact) mass is 352 g/mol. The van der Waals surface area contributed by atoms with Crippen molar-refractivity contribution in [1.29, 1.82) is 0 Å². The van der Waals surface area contributed by atoms with E-state index in [2.05, 4.69) is 20.6 Å². The molecule has 5 nitrogen and oxygen atoms in total. The molecule has 0 aliphatic heterocycles. The van der Waals surface area contributed by atoms with Gasteiger partial charge in [-0.3, -0.25) is 4.79 Å². The molecule has 3 aromatic rings. The molecule has 1 heterocycles. The van der Waals surface area contributed by atoms with Crippen molar-refractivity contribution in [1.82, 2.24) is 15.3 Å². The number of halogens is 1. The van der Waals surface area contributed by atoms with Crippen LogP contribution in [0.2, 0.25) is 5.02 Å². The minimum Gasteiger partial charge on any atom is -0.348 e. The van der Waals surface area contributed by atoms with Crippen LogP contribution in [0.15, 0.2) is 60.9 Å². The zero-order valence-electron chi connectivity index (χ0n) is 13.7. The first-order valence-corrected chi connectivity index (χ1v) is 8.16. The van der Waals surface area contributed by atoms with Gasteiger partial charge in [0.2, 0.25) is 5.95 Å². The Labute approximate surface area is 151 Å². The molecule has 2 N–H and O–H groups in total. The molecule has 6 heteroatoms. The normalized spacial score (nSPS) is 10.3. The largest absolute Gasteiger partial charge is 0.348 e. The fourth-order valence-electron chi connectivity index (χ4n) is 2.28. The number of hydrogen-bond acceptors (Lipinski definition) is 4. The zero-order valence-corrected chi connectivity index (χ0v) is 14.4. The molecule has 0 saturated heterocycles. The number of aromatic nitrogens is 2. The molecule has 0 aliphatic carbocycles. The summed E-state index contributed by atoms with van der Waals surface area (Å²) < 4.78 is 0. The second kappa shape index (κ2) is 7.77. The van der Waals surface area contributed by atoms with Crippen LogP contribution in [0.1, 0.15) is 21.5 Å². The minimum absolute atomic E-state index is 0.209. The molecule has 0 radical (unpaired) electrons. The molecule has 3 rings (SSSR count). The first-order valence-electron chi connectivity index (χ1n) is 7.78. The van der Waals surface area contributed by atoms with Crippen molar-refractivity contribution >= 4 is 29.1 Å². The van der Waals surface area contributed by atoms with Crippen molar-refractivity contribution in [2.75, 3.05) is 5.32 Å². The van der Waals surface area contributed by atoms with E-state index in [-0.39, 0.29) is 5.91 Å². The van der Waals surface area contributed by atoms with Crippen molar-refractivity contribution in [3.63, 3.8) is 0 Å². The van der Waals surface area contributed by atoms with Gasteiger partial charge in [0.05, 0.1) is 5.56 Å². The molecule has 0 fully saturated rings. The summed E-state index contributed by atoms with van der Waals surface area (Å²) >= 11 is 5.85. The second-order valence-corrected chi connectivity index (χ2v) is 6.04. The maximum Gasteiger partial charge on any atom is 0.254 e. The summed E-state index contributed by atoms with van der Waals surface area (Å²) in [5.41, 5.74) is 3.44. The smallest absolute Gasteiger partial charge is 0.254 e. The van der Waals surface area contributed by atoms with E-state index < -0.39 is 0 Å². The predicted molar refractivity (Wildman–Crippen MR) is 99.1 cm³/mol. The van der Waals surface area contributed by atoms with Gasteiger partial charge in [0, 0.05) is 29.6 Å². The third-order valence-corrected chi connectivity index (χ3v) is 3.80. The summed E-state index contributed by atoms with van der Waals surface area (Å²) in [6, 6.07) is 15.2. The van der Waals surface area contributed by atoms with Crippen molar-refractivity contribution in [2.45, 2.75) is 13.5 Å². The Morgan fingerprint density at radius 3 is 2.48 bits per heavy atom. The lowest BCUT2D eigenvalue weighted by Gasteiger charge is -2.07. The standard InChI is InChI=1S/C19H17ClN4O/c1-13-3-2-4-14(9-13)10-21-18(25)15-11-22-19(23-12-15)24-17-7-5-16(20)6-8-17/h2-9,11-12H,10H2,1H3,(H,21,25)(H,22,23,24). The molecule has 0 unspecified atom stereocenters. The quantitative estimate of drug-likeness (QED) is 0.725. The van der Waals surface area contributed by atoms with E-state index in [4.69, 9.17) is 11.6 Å². The van der Waals surface area contributed by atoms with Gasteiger partial charge in [-0.2, -0.15) is 0 Å². The number of benzene rings is 2. The fourth-order valence-corrected chi connectivity index (χ4v) is 2.40. The summed E-state index contributed by atoms with van der Waals surface area (Å²) in [7, 11) is 0. The Bertz CT molecular complexity index is 863. The first kappa shape index (κ1) is 16.9. The molecule has 0 saturated carbocycles. The van der Waals surface area contributed by atoms with Crippen LogP contribution in [0.5, 0.6) is 0 Å². The van der Waals surface area contributed by atoms with Crippen LogP contribution < -0.4 is 10.6 Å². The molecule has 0 atom stereocenters. The number of nitrogens with one attached hydrogen (secondary N) is 2. The van der Waals surface area contributed by atoms with Gasteiger partial charge in [-0.1, -0.05) is 41.4 Å². The Morgan fingerprint density at radius 2 is 1.80 bits per heavy atom. The Kier molecular flexibility index (Phi) is 5.26. The Balaban J connectivity index is 1.59. The van der Waals surface area contributed by atoms with E-state index in [0.717, 1.165) is 16.8 Å². The van der Waals surface area contributed by atoms with Gasteiger partial charge in [0.25, 0.3) is 5.91 Å². The molecule has 1 aromatic heterocycles. The Morgan fingerprint density at radius 1 is 1.08 bits per heavy atom. The molecule has 126 valence electrons. The van der Waals surface area contributed by atoms with Crippen LogP contribution in [-0.4, -0.2) is 15.9 Å². The van der Waals surface area contributed by atoms with Gasteiger partial charge in [0.1, 0.15) is 0 Å². The summed E-state index contributed by atoms with van der Waals surface area (Å²) in [6.45, 7) is 2.48. The third kappa shape index (κ3) is 4.78. The van der Waals surface area contributed by atoms with Crippen LogP contribution in [0.25, 0.3) is 0 Å². The van der Waals surface area contributed by atoms with Gasteiger partial charge in [-0.05, 0) is 36.8 Å². The average molecular weight is 353 g/mol. The van der Waals surface area contributed by atoms with E-state index in [1.165, 1.54) is 12.4 Å². The summed E-state index contributed by atoms with van der Waals surface area (Å²) in [5.74, 6) is 0.206. The topological polar surface area (TPSA) is 66.9 Å². The number of aryl methyl sites for hydroxylation is 1. The summed E-state index contributed by atoms with van der Waals surface area (Å²) in [4.78, 5) is 20.5. The number of carbonyl (C=O) groups is 1. The van der Waals surface area contributed by atoms with Crippen molar-refractivity contribution in [3.8, 4) is 0 Å². The second-order valence-electron chi connectivity index (χ2n) is 5.60. The lowest BCUT2D eigenvalue weighted by molar-refractivity contribution is 0.0950. The highest BCUT2D eigenvalue weighted by molar-refractivity contribution is 6.30. The van der Waals surface area contributed by atoms with Crippen LogP contribution >= 0.6 is 11.6 Å². The van der Waals surface area contributed by atoms with E-state index in [1.807, 2.05) is 43.3 Å². The van der Waals surface area contributed by atoms with Crippen LogP contribution in [0.3, 0.4) is 0 Å². The SMILES string of the molecule is Cc1cccc(CNC(=O)c2cnc(Nc3ccc(Cl)cc3)nc2)c1.